The Balaban J connectivity index is 1.31. The first-order valence-electron chi connectivity index (χ1n) is 11.3. The van der Waals surface area contributed by atoms with Crippen molar-refractivity contribution in [1.29, 1.82) is 0 Å². The Morgan fingerprint density at radius 2 is 2.00 bits per heavy atom. The number of nitrogens with one attached hydrogen (secondary N) is 3. The van der Waals surface area contributed by atoms with Crippen molar-refractivity contribution in [2.45, 2.75) is 71.4 Å². The fraction of sp³-hybridized carbons (Fsp3) is 0.750. The number of allylic oxidation sites excluding steroid dienone is 6. The van der Waals surface area contributed by atoms with Crippen LogP contribution in [0.15, 0.2) is 35.5 Å². The molecule has 0 aliphatic heterocycles. The molecule has 0 aromatic heterocycles. The van der Waals surface area contributed by atoms with Gasteiger partial charge in [0.15, 0.2) is 0 Å². The Bertz CT molecular complexity index is 615. The van der Waals surface area contributed by atoms with Gasteiger partial charge in [0, 0.05) is 6.54 Å². The SMILES string of the molecule is CNC(NNCC1CCC2C(C1)C1=C(CCC=C1)C2(C)C)C1CC=CCC1. The lowest BCUT2D eigenvalue weighted by Crippen LogP contribution is -2.53. The van der Waals surface area contributed by atoms with Crippen LogP contribution in [-0.2, 0) is 0 Å². The zero-order valence-electron chi connectivity index (χ0n) is 17.6. The lowest BCUT2D eigenvalue weighted by Gasteiger charge is -2.40. The van der Waals surface area contributed by atoms with Crippen molar-refractivity contribution in [1.82, 2.24) is 16.2 Å². The first-order valence-corrected chi connectivity index (χ1v) is 11.3. The molecule has 0 amide bonds. The Morgan fingerprint density at radius 1 is 1.11 bits per heavy atom. The summed E-state index contributed by atoms with van der Waals surface area (Å²) in [4.78, 5) is 0. The predicted octanol–water partition coefficient (Wildman–Crippen LogP) is 4.70. The number of hydrazine groups is 1. The van der Waals surface area contributed by atoms with Gasteiger partial charge in [-0.25, -0.2) is 5.43 Å². The van der Waals surface area contributed by atoms with Crippen LogP contribution in [0.2, 0.25) is 0 Å². The molecule has 0 radical (unpaired) electrons. The fourth-order valence-corrected chi connectivity index (χ4v) is 6.46. The third kappa shape index (κ3) is 3.83. The van der Waals surface area contributed by atoms with Gasteiger partial charge >= 0.3 is 0 Å². The second kappa shape index (κ2) is 8.23. The summed E-state index contributed by atoms with van der Waals surface area (Å²) in [6.07, 6.45) is 20.3. The highest BCUT2D eigenvalue weighted by atomic mass is 15.4. The third-order valence-corrected chi connectivity index (χ3v) is 8.01. The number of hydrogen-bond acceptors (Lipinski definition) is 3. The molecule has 1 saturated carbocycles. The standard InChI is InChI=1S/C24H39N3/c1-24(2)21-12-8-7-11-19(21)20-15-17(13-14-22(20)24)16-26-27-23(25-3)18-9-5-4-6-10-18/h4-5,7,11,17-18,20,22-23,25-27H,6,8-10,12-16H2,1-3H3. The Morgan fingerprint density at radius 3 is 2.78 bits per heavy atom. The van der Waals surface area contributed by atoms with Gasteiger partial charge in [-0.05, 0) is 93.1 Å². The van der Waals surface area contributed by atoms with Gasteiger partial charge in [-0.15, -0.1) is 0 Å². The first kappa shape index (κ1) is 19.4. The van der Waals surface area contributed by atoms with E-state index in [9.17, 15) is 0 Å². The van der Waals surface area contributed by atoms with Crippen molar-refractivity contribution in [2.75, 3.05) is 13.6 Å². The van der Waals surface area contributed by atoms with Crippen LogP contribution in [0.1, 0.15) is 65.2 Å². The summed E-state index contributed by atoms with van der Waals surface area (Å²) in [5, 5.41) is 3.47. The summed E-state index contributed by atoms with van der Waals surface area (Å²) in [6, 6.07) is 0. The fourth-order valence-electron chi connectivity index (χ4n) is 6.46. The first-order chi connectivity index (χ1) is 13.1. The van der Waals surface area contributed by atoms with Crippen molar-refractivity contribution < 1.29 is 0 Å². The van der Waals surface area contributed by atoms with Crippen molar-refractivity contribution >= 4 is 0 Å². The summed E-state index contributed by atoms with van der Waals surface area (Å²) < 4.78 is 0. The molecule has 1 fully saturated rings. The number of fused-ring (bicyclic) bond motifs is 2. The van der Waals surface area contributed by atoms with Gasteiger partial charge in [0.2, 0.25) is 0 Å². The Labute approximate surface area is 166 Å². The maximum atomic E-state index is 3.61. The second-order valence-corrected chi connectivity index (χ2v) is 9.82. The molecule has 4 aliphatic carbocycles. The van der Waals surface area contributed by atoms with Gasteiger partial charge in [0.05, 0.1) is 6.17 Å². The van der Waals surface area contributed by atoms with Crippen LogP contribution in [0.3, 0.4) is 0 Å². The summed E-state index contributed by atoms with van der Waals surface area (Å²) in [7, 11) is 2.08. The van der Waals surface area contributed by atoms with Crippen molar-refractivity contribution in [3.63, 3.8) is 0 Å². The van der Waals surface area contributed by atoms with E-state index in [0.29, 0.717) is 17.5 Å². The van der Waals surface area contributed by atoms with Crippen LogP contribution in [-0.4, -0.2) is 19.8 Å². The van der Waals surface area contributed by atoms with Crippen LogP contribution in [0.4, 0.5) is 0 Å². The van der Waals surface area contributed by atoms with E-state index in [0.717, 1.165) is 24.3 Å². The van der Waals surface area contributed by atoms with Crippen LogP contribution < -0.4 is 16.2 Å². The summed E-state index contributed by atoms with van der Waals surface area (Å²) in [6.45, 7) is 6.13. The lowest BCUT2D eigenvalue weighted by molar-refractivity contribution is 0.132. The minimum atomic E-state index is 0.368. The number of rotatable bonds is 6. The minimum Gasteiger partial charge on any atom is -0.304 e. The van der Waals surface area contributed by atoms with Crippen molar-refractivity contribution in [2.24, 2.45) is 29.1 Å². The maximum absolute atomic E-state index is 3.61. The highest BCUT2D eigenvalue weighted by Gasteiger charge is 2.49. The molecular formula is C24H39N3. The summed E-state index contributed by atoms with van der Waals surface area (Å²) in [5.41, 5.74) is 11.1. The lowest BCUT2D eigenvalue weighted by atomic mass is 9.66. The molecule has 0 aromatic carbocycles. The van der Waals surface area contributed by atoms with Gasteiger partial charge in [0.25, 0.3) is 0 Å². The topological polar surface area (TPSA) is 36.1 Å². The molecule has 3 nitrogen and oxygen atoms in total. The van der Waals surface area contributed by atoms with E-state index in [4.69, 9.17) is 0 Å². The van der Waals surface area contributed by atoms with E-state index in [2.05, 4.69) is 61.4 Å². The number of hydrogen-bond donors (Lipinski definition) is 3. The predicted molar refractivity (Wildman–Crippen MR) is 114 cm³/mol. The van der Waals surface area contributed by atoms with E-state index >= 15 is 0 Å². The molecular weight excluding hydrogens is 330 g/mol. The molecule has 0 bridgehead atoms. The normalized spacial score (nSPS) is 35.8. The minimum absolute atomic E-state index is 0.368. The molecule has 4 rings (SSSR count). The van der Waals surface area contributed by atoms with E-state index in [1.807, 2.05) is 0 Å². The van der Waals surface area contributed by atoms with Crippen LogP contribution in [0, 0.1) is 29.1 Å². The van der Waals surface area contributed by atoms with Crippen LogP contribution in [0.25, 0.3) is 0 Å². The van der Waals surface area contributed by atoms with Gasteiger partial charge in [-0.1, -0.05) is 43.7 Å². The molecule has 0 spiro atoms. The zero-order chi connectivity index (χ0) is 18.9. The van der Waals surface area contributed by atoms with Gasteiger partial charge in [0.1, 0.15) is 0 Å². The van der Waals surface area contributed by atoms with Gasteiger partial charge < -0.3 is 5.32 Å². The zero-order valence-corrected chi connectivity index (χ0v) is 17.6. The molecule has 150 valence electrons. The largest absolute Gasteiger partial charge is 0.304 e. The summed E-state index contributed by atoms with van der Waals surface area (Å²) in [5.74, 6) is 3.16. The third-order valence-electron chi connectivity index (χ3n) is 8.01. The highest BCUT2D eigenvalue weighted by molar-refractivity contribution is 5.41. The molecule has 5 atom stereocenters. The second-order valence-electron chi connectivity index (χ2n) is 9.82. The van der Waals surface area contributed by atoms with E-state index in [1.165, 1.54) is 51.4 Å². The van der Waals surface area contributed by atoms with Crippen LogP contribution >= 0.6 is 0 Å². The molecule has 3 N–H and O–H groups in total. The Hall–Kier alpha value is -0.900. The highest BCUT2D eigenvalue weighted by Crippen LogP contribution is 2.59. The van der Waals surface area contributed by atoms with Gasteiger partial charge in [-0.3, -0.25) is 5.43 Å². The van der Waals surface area contributed by atoms with Gasteiger partial charge in [-0.2, -0.15) is 0 Å². The molecule has 0 saturated heterocycles. The maximum Gasteiger partial charge on any atom is 0.0733 e. The van der Waals surface area contributed by atoms with E-state index in [-0.39, 0.29) is 0 Å². The molecule has 5 unspecified atom stereocenters. The molecule has 27 heavy (non-hydrogen) atoms. The van der Waals surface area contributed by atoms with E-state index < -0.39 is 0 Å². The average molecular weight is 370 g/mol. The van der Waals surface area contributed by atoms with E-state index in [1.54, 1.807) is 11.1 Å². The monoisotopic (exact) mass is 369 g/mol. The smallest absolute Gasteiger partial charge is 0.0733 e. The molecule has 3 heteroatoms. The van der Waals surface area contributed by atoms with Crippen LogP contribution in [0.5, 0.6) is 0 Å². The summed E-state index contributed by atoms with van der Waals surface area (Å²) >= 11 is 0. The average Bonchev–Trinajstić information content (AvgIpc) is 2.93. The quantitative estimate of drug-likeness (QED) is 0.361. The van der Waals surface area contributed by atoms with Crippen molar-refractivity contribution in [3.8, 4) is 0 Å². The molecule has 0 aromatic rings. The molecule has 0 heterocycles. The van der Waals surface area contributed by atoms with Crippen molar-refractivity contribution in [3.05, 3.63) is 35.5 Å². The Kier molecular flexibility index (Phi) is 5.92. The molecule has 4 aliphatic rings.